The maximum absolute atomic E-state index is 13.6. The number of aromatic amines is 1. The van der Waals surface area contributed by atoms with Crippen molar-refractivity contribution in [1.29, 1.82) is 0 Å². The van der Waals surface area contributed by atoms with Crippen molar-refractivity contribution in [3.8, 4) is 0 Å². The summed E-state index contributed by atoms with van der Waals surface area (Å²) in [5.41, 5.74) is -1.09. The summed E-state index contributed by atoms with van der Waals surface area (Å²) in [4.78, 5) is 34.3. The van der Waals surface area contributed by atoms with Gasteiger partial charge in [-0.25, -0.2) is 13.4 Å². The fraction of sp³-hybridized carbons (Fsp3) is 0.609. The van der Waals surface area contributed by atoms with E-state index >= 15 is 0 Å². The van der Waals surface area contributed by atoms with Gasteiger partial charge < -0.3 is 19.8 Å². The minimum absolute atomic E-state index is 0.0207. The first-order chi connectivity index (χ1) is 16.1. The van der Waals surface area contributed by atoms with Crippen molar-refractivity contribution >= 4 is 32.2 Å². The molecule has 2 aliphatic rings. The van der Waals surface area contributed by atoms with E-state index in [0.717, 1.165) is 17.7 Å². The Morgan fingerprint density at radius 3 is 2.68 bits per heavy atom. The Labute approximate surface area is 203 Å². The molecule has 0 bridgehead atoms. The van der Waals surface area contributed by atoms with Gasteiger partial charge in [0.25, 0.3) is 5.56 Å². The van der Waals surface area contributed by atoms with Crippen molar-refractivity contribution in [2.24, 2.45) is 5.92 Å². The molecule has 3 heterocycles. The quantitative estimate of drug-likeness (QED) is 0.531. The molecule has 1 aliphatic heterocycles. The zero-order valence-corrected chi connectivity index (χ0v) is 21.3. The van der Waals surface area contributed by atoms with Crippen molar-refractivity contribution in [3.63, 3.8) is 0 Å². The third kappa shape index (κ3) is 5.27. The largest absolute Gasteiger partial charge is 0.381 e. The topological polar surface area (TPSA) is 127 Å². The second kappa shape index (κ2) is 9.88. The van der Waals surface area contributed by atoms with E-state index in [4.69, 9.17) is 9.47 Å². The zero-order valence-electron chi connectivity index (χ0n) is 19.6. The molecule has 1 atom stereocenters. The Kier molecular flexibility index (Phi) is 7.28. The summed E-state index contributed by atoms with van der Waals surface area (Å²) in [7, 11) is -2.08. The van der Waals surface area contributed by atoms with E-state index in [0.29, 0.717) is 37.6 Å². The van der Waals surface area contributed by atoms with Gasteiger partial charge in [-0.2, -0.15) is 0 Å². The number of hydrogen-bond acceptors (Lipinski definition) is 8. The van der Waals surface area contributed by atoms with E-state index in [1.807, 2.05) is 13.8 Å². The molecular weight excluding hydrogens is 478 g/mol. The highest BCUT2D eigenvalue weighted by Gasteiger charge is 2.41. The normalized spacial score (nSPS) is 18.6. The Bertz CT molecular complexity index is 1190. The number of pyridine rings is 1. The number of carbonyl (C=O) groups is 1. The second-order valence-electron chi connectivity index (χ2n) is 9.41. The first kappa shape index (κ1) is 25.0. The lowest BCUT2D eigenvalue weighted by molar-refractivity contribution is -0.118. The molecule has 1 aliphatic carbocycles. The standard InChI is InChI=1S/C23H31N3O6S2/c1-23(2,31-3)18-13-25-22(33-18)26-20(27)16(12-14-7-10-32-11-8-14)19-17(6-9-24-21(19)28)34(29,30)15-4-5-15/h6,9,13-16H,4-5,7-8,10-12H2,1-3H3,(H,24,28)(H,25,26,27)/t16-/m0/s1. The number of ether oxygens (including phenoxy) is 2. The van der Waals surface area contributed by atoms with Crippen LogP contribution >= 0.6 is 11.3 Å². The minimum atomic E-state index is -3.68. The molecule has 1 amide bonds. The highest BCUT2D eigenvalue weighted by atomic mass is 32.2. The molecule has 0 aromatic carbocycles. The summed E-state index contributed by atoms with van der Waals surface area (Å²) in [5, 5.41) is 2.72. The van der Waals surface area contributed by atoms with E-state index in [2.05, 4.69) is 15.3 Å². The number of nitrogens with one attached hydrogen (secondary N) is 2. The summed E-state index contributed by atoms with van der Waals surface area (Å²) in [6.45, 7) is 4.97. The van der Waals surface area contributed by atoms with Crippen LogP contribution in [0.3, 0.4) is 0 Å². The van der Waals surface area contributed by atoms with Gasteiger partial charge in [0.05, 0.1) is 26.5 Å². The molecule has 1 saturated heterocycles. The number of nitrogens with zero attached hydrogens (tertiary/aromatic N) is 1. The van der Waals surface area contributed by atoms with E-state index in [9.17, 15) is 18.0 Å². The number of H-pyrrole nitrogens is 1. The molecule has 9 nitrogen and oxygen atoms in total. The molecular formula is C23H31N3O6S2. The molecule has 2 aromatic rings. The van der Waals surface area contributed by atoms with E-state index in [1.165, 1.54) is 23.6 Å². The lowest BCUT2D eigenvalue weighted by Crippen LogP contribution is -2.32. The monoisotopic (exact) mass is 509 g/mol. The minimum Gasteiger partial charge on any atom is -0.381 e. The first-order valence-electron chi connectivity index (χ1n) is 11.5. The number of carbonyl (C=O) groups excluding carboxylic acids is 1. The summed E-state index contributed by atoms with van der Waals surface area (Å²) < 4.78 is 37.3. The first-order valence-corrected chi connectivity index (χ1v) is 13.9. The van der Waals surface area contributed by atoms with Crippen LogP contribution in [-0.2, 0) is 29.7 Å². The zero-order chi connectivity index (χ0) is 24.5. The number of anilines is 1. The Hall–Kier alpha value is -2.08. The predicted molar refractivity (Wildman–Crippen MR) is 129 cm³/mol. The van der Waals surface area contributed by atoms with E-state index in [-0.39, 0.29) is 16.4 Å². The predicted octanol–water partition coefficient (Wildman–Crippen LogP) is 3.19. The number of sulfone groups is 1. The highest BCUT2D eigenvalue weighted by molar-refractivity contribution is 7.92. The third-order valence-electron chi connectivity index (χ3n) is 6.64. The summed E-state index contributed by atoms with van der Waals surface area (Å²) in [6, 6.07) is 1.41. The average molecular weight is 510 g/mol. The molecule has 2 fully saturated rings. The number of methoxy groups -OCH3 is 1. The van der Waals surface area contributed by atoms with Crippen molar-refractivity contribution in [2.45, 2.75) is 67.6 Å². The Morgan fingerprint density at radius 1 is 1.32 bits per heavy atom. The number of hydrogen-bond donors (Lipinski definition) is 2. The van der Waals surface area contributed by atoms with Gasteiger partial charge in [0.1, 0.15) is 0 Å². The molecule has 0 radical (unpaired) electrons. The number of rotatable bonds is 9. The lowest BCUT2D eigenvalue weighted by Gasteiger charge is -2.26. The van der Waals surface area contributed by atoms with Gasteiger partial charge in [-0.3, -0.25) is 9.59 Å². The number of amides is 1. The molecule has 2 N–H and O–H groups in total. The van der Waals surface area contributed by atoms with Gasteiger partial charge in [-0.1, -0.05) is 11.3 Å². The van der Waals surface area contributed by atoms with E-state index in [1.54, 1.807) is 13.3 Å². The molecule has 4 rings (SSSR count). The van der Waals surface area contributed by atoms with Crippen LogP contribution in [0.1, 0.15) is 62.3 Å². The smallest absolute Gasteiger partial charge is 0.253 e. The van der Waals surface area contributed by atoms with Crippen LogP contribution in [-0.4, -0.2) is 49.9 Å². The molecule has 34 heavy (non-hydrogen) atoms. The molecule has 11 heteroatoms. The van der Waals surface area contributed by atoms with Crippen LogP contribution in [0.15, 0.2) is 28.2 Å². The van der Waals surface area contributed by atoms with Crippen LogP contribution in [0.4, 0.5) is 5.13 Å². The van der Waals surface area contributed by atoms with Crippen molar-refractivity contribution in [2.75, 3.05) is 25.6 Å². The SMILES string of the molecule is COC(C)(C)c1cnc(NC(=O)[C@@H](CC2CCOCC2)c2c(S(=O)(=O)C3CC3)cc[nH]c2=O)s1. The molecule has 186 valence electrons. The van der Waals surface area contributed by atoms with Crippen LogP contribution < -0.4 is 10.9 Å². The van der Waals surface area contributed by atoms with Gasteiger partial charge in [-0.15, -0.1) is 0 Å². The molecule has 0 spiro atoms. The second-order valence-corrected chi connectivity index (χ2v) is 12.6. The maximum atomic E-state index is 13.6. The van der Waals surface area contributed by atoms with Gasteiger partial charge in [0.15, 0.2) is 15.0 Å². The van der Waals surface area contributed by atoms with Gasteiger partial charge in [0.2, 0.25) is 5.91 Å². The summed E-state index contributed by atoms with van der Waals surface area (Å²) >= 11 is 1.29. The van der Waals surface area contributed by atoms with E-state index < -0.39 is 38.1 Å². The Balaban J connectivity index is 1.70. The maximum Gasteiger partial charge on any atom is 0.253 e. The fourth-order valence-corrected chi connectivity index (χ4v) is 7.00. The van der Waals surface area contributed by atoms with Gasteiger partial charge in [-0.05, 0) is 57.9 Å². The summed E-state index contributed by atoms with van der Waals surface area (Å²) in [5.74, 6) is -1.23. The molecule has 2 aromatic heterocycles. The molecule has 1 saturated carbocycles. The van der Waals surface area contributed by atoms with Crippen LogP contribution in [0.2, 0.25) is 0 Å². The Morgan fingerprint density at radius 2 is 2.03 bits per heavy atom. The lowest BCUT2D eigenvalue weighted by atomic mass is 9.85. The van der Waals surface area contributed by atoms with Crippen LogP contribution in [0.5, 0.6) is 0 Å². The van der Waals surface area contributed by atoms with Crippen molar-refractivity contribution in [3.05, 3.63) is 39.3 Å². The van der Waals surface area contributed by atoms with Crippen molar-refractivity contribution < 1.29 is 22.7 Å². The van der Waals surface area contributed by atoms with Gasteiger partial charge >= 0.3 is 0 Å². The average Bonchev–Trinajstić information content (AvgIpc) is 3.58. The number of aromatic nitrogens is 2. The summed E-state index contributed by atoms with van der Waals surface area (Å²) in [6.07, 6.45) is 5.99. The fourth-order valence-electron chi connectivity index (χ4n) is 4.18. The van der Waals surface area contributed by atoms with Crippen LogP contribution in [0, 0.1) is 5.92 Å². The van der Waals surface area contributed by atoms with Gasteiger partial charge in [0, 0.05) is 38.3 Å². The third-order valence-corrected chi connectivity index (χ3v) is 10.2. The van der Waals surface area contributed by atoms with Crippen LogP contribution in [0.25, 0.3) is 0 Å². The van der Waals surface area contributed by atoms with Crippen molar-refractivity contribution in [1.82, 2.24) is 9.97 Å². The number of thiazole rings is 1. The highest BCUT2D eigenvalue weighted by Crippen LogP contribution is 2.38. The molecule has 0 unspecified atom stereocenters.